The third kappa shape index (κ3) is 3.68. The van der Waals surface area contributed by atoms with Gasteiger partial charge in [-0.3, -0.25) is 4.99 Å². The van der Waals surface area contributed by atoms with Crippen molar-refractivity contribution < 1.29 is 14.7 Å². The van der Waals surface area contributed by atoms with Crippen LogP contribution in [0.15, 0.2) is 47.5 Å². The van der Waals surface area contributed by atoms with E-state index in [1.165, 1.54) is 25.9 Å². The first-order chi connectivity index (χ1) is 11.7. The highest BCUT2D eigenvalue weighted by molar-refractivity contribution is 5.86. The third-order valence-electron chi connectivity index (χ3n) is 4.43. The average molecular weight is 326 g/mol. The van der Waals surface area contributed by atoms with Gasteiger partial charge >= 0.3 is 0 Å². The van der Waals surface area contributed by atoms with Crippen molar-refractivity contribution in [2.45, 2.75) is 0 Å². The van der Waals surface area contributed by atoms with E-state index in [1.807, 2.05) is 24.3 Å². The van der Waals surface area contributed by atoms with Gasteiger partial charge in [0.2, 0.25) is 0 Å². The molecule has 5 heteroatoms. The molecule has 0 aliphatic carbocycles. The highest BCUT2D eigenvalue weighted by Gasteiger charge is 2.16. The molecule has 0 unspecified atom stereocenters. The molecule has 1 saturated heterocycles. The number of rotatable bonds is 4. The molecule has 1 aliphatic heterocycles. The van der Waals surface area contributed by atoms with Gasteiger partial charge in [0.15, 0.2) is 11.5 Å². The number of quaternary nitrogens is 1. The van der Waals surface area contributed by atoms with E-state index in [0.29, 0.717) is 11.3 Å². The van der Waals surface area contributed by atoms with E-state index in [-0.39, 0.29) is 5.75 Å². The van der Waals surface area contributed by atoms with E-state index in [0.717, 1.165) is 18.8 Å². The number of anilines is 1. The number of aliphatic imine (C=N–C) groups is 1. The summed E-state index contributed by atoms with van der Waals surface area (Å²) in [4.78, 5) is 8.45. The normalized spacial score (nSPS) is 15.8. The third-order valence-corrected chi connectivity index (χ3v) is 4.43. The second kappa shape index (κ2) is 7.36. The lowest BCUT2D eigenvalue weighted by atomic mass is 10.2. The van der Waals surface area contributed by atoms with Crippen LogP contribution >= 0.6 is 0 Å². The number of aromatic hydroxyl groups is 1. The smallest absolute Gasteiger partial charge is 0.166 e. The zero-order chi connectivity index (χ0) is 16.9. The van der Waals surface area contributed by atoms with Crippen molar-refractivity contribution in [3.05, 3.63) is 48.0 Å². The van der Waals surface area contributed by atoms with Crippen LogP contribution in [0.2, 0.25) is 0 Å². The largest absolute Gasteiger partial charge is 0.504 e. The molecule has 3 rings (SSSR count). The Bertz CT molecular complexity index is 705. The Labute approximate surface area is 142 Å². The van der Waals surface area contributed by atoms with Gasteiger partial charge in [0, 0.05) is 17.5 Å². The lowest BCUT2D eigenvalue weighted by Crippen LogP contribution is -3.12. The average Bonchev–Trinajstić information content (AvgIpc) is 2.62. The number of phenols is 1. The first kappa shape index (κ1) is 16.3. The predicted octanol–water partition coefficient (Wildman–Crippen LogP) is 1.49. The van der Waals surface area contributed by atoms with Gasteiger partial charge in [-0.25, -0.2) is 0 Å². The number of methoxy groups -OCH3 is 1. The number of benzene rings is 2. The van der Waals surface area contributed by atoms with Crippen molar-refractivity contribution in [3.63, 3.8) is 0 Å². The van der Waals surface area contributed by atoms with Crippen molar-refractivity contribution >= 4 is 17.6 Å². The summed E-state index contributed by atoms with van der Waals surface area (Å²) in [7, 11) is 3.78. The van der Waals surface area contributed by atoms with E-state index in [4.69, 9.17) is 4.74 Å². The molecule has 126 valence electrons. The standard InChI is InChI=1S/C19H23N3O2/c1-21-10-12-22(13-11-21)17-8-6-16(7-9-17)20-14-15-4-3-5-18(24-2)19(15)23/h3-9,14,23H,10-13H2,1-2H3/p+1. The van der Waals surface area contributed by atoms with Crippen LogP contribution in [0.1, 0.15) is 5.56 Å². The summed E-state index contributed by atoms with van der Waals surface area (Å²) in [5.41, 5.74) is 2.74. The Hall–Kier alpha value is -2.53. The minimum atomic E-state index is 0.111. The maximum Gasteiger partial charge on any atom is 0.166 e. The predicted molar refractivity (Wildman–Crippen MR) is 97.2 cm³/mol. The zero-order valence-corrected chi connectivity index (χ0v) is 14.2. The minimum Gasteiger partial charge on any atom is -0.504 e. The topological polar surface area (TPSA) is 49.5 Å². The highest BCUT2D eigenvalue weighted by Crippen LogP contribution is 2.28. The number of hydrogen-bond donors (Lipinski definition) is 2. The molecule has 1 aliphatic rings. The van der Waals surface area contributed by atoms with Crippen molar-refractivity contribution in [1.29, 1.82) is 0 Å². The summed E-state index contributed by atoms with van der Waals surface area (Å²) < 4.78 is 5.11. The molecule has 2 N–H and O–H groups in total. The molecule has 0 bridgehead atoms. The van der Waals surface area contributed by atoms with E-state index in [2.05, 4.69) is 29.1 Å². The highest BCUT2D eigenvalue weighted by atomic mass is 16.5. The van der Waals surface area contributed by atoms with E-state index in [1.54, 1.807) is 17.2 Å². The number of piperazine rings is 1. The summed E-state index contributed by atoms with van der Waals surface area (Å²) >= 11 is 0. The van der Waals surface area contributed by atoms with Crippen LogP contribution < -0.4 is 14.5 Å². The summed E-state index contributed by atoms with van der Waals surface area (Å²) in [6.07, 6.45) is 1.66. The van der Waals surface area contributed by atoms with Gasteiger partial charge < -0.3 is 19.6 Å². The van der Waals surface area contributed by atoms with Crippen LogP contribution in [0.5, 0.6) is 11.5 Å². The van der Waals surface area contributed by atoms with Crippen molar-refractivity contribution in [3.8, 4) is 11.5 Å². The van der Waals surface area contributed by atoms with Crippen LogP contribution in [-0.4, -0.2) is 51.7 Å². The Morgan fingerprint density at radius 2 is 1.83 bits per heavy atom. The molecule has 0 spiro atoms. The number of phenolic OH excluding ortho intramolecular Hbond substituents is 1. The summed E-state index contributed by atoms with van der Waals surface area (Å²) in [5, 5.41) is 10.1. The zero-order valence-electron chi connectivity index (χ0n) is 14.2. The van der Waals surface area contributed by atoms with Crippen LogP contribution in [0.3, 0.4) is 0 Å². The quantitative estimate of drug-likeness (QED) is 0.837. The number of nitrogens with one attached hydrogen (secondary N) is 1. The molecule has 0 atom stereocenters. The Morgan fingerprint density at radius 1 is 1.12 bits per heavy atom. The molecular formula is C19H24N3O2+. The molecule has 1 heterocycles. The van der Waals surface area contributed by atoms with Gasteiger partial charge in [-0.2, -0.15) is 0 Å². The fourth-order valence-electron chi connectivity index (χ4n) is 2.85. The van der Waals surface area contributed by atoms with Crippen LogP contribution in [0, 0.1) is 0 Å². The second-order valence-electron chi connectivity index (χ2n) is 6.12. The Kier molecular flexibility index (Phi) is 5.01. The van der Waals surface area contributed by atoms with E-state index in [9.17, 15) is 5.11 Å². The molecule has 0 aromatic heterocycles. The summed E-state index contributed by atoms with van der Waals surface area (Å²) in [6, 6.07) is 13.6. The number of likely N-dealkylation sites (N-methyl/N-ethyl adjacent to an activating group) is 1. The van der Waals surface area contributed by atoms with Gasteiger partial charge in [-0.1, -0.05) is 6.07 Å². The van der Waals surface area contributed by atoms with Crippen molar-refractivity contribution in [2.24, 2.45) is 4.99 Å². The van der Waals surface area contributed by atoms with Gasteiger partial charge in [0.1, 0.15) is 0 Å². The molecular weight excluding hydrogens is 302 g/mol. The van der Waals surface area contributed by atoms with Crippen molar-refractivity contribution in [2.75, 3.05) is 45.2 Å². The lowest BCUT2D eigenvalue weighted by molar-refractivity contribution is -0.880. The number of hydrogen-bond acceptors (Lipinski definition) is 4. The maximum atomic E-state index is 10.1. The molecule has 2 aromatic rings. The molecule has 5 nitrogen and oxygen atoms in total. The van der Waals surface area contributed by atoms with Gasteiger partial charge in [-0.05, 0) is 36.4 Å². The van der Waals surface area contributed by atoms with Crippen LogP contribution in [-0.2, 0) is 0 Å². The second-order valence-corrected chi connectivity index (χ2v) is 6.12. The summed E-state index contributed by atoms with van der Waals surface area (Å²) in [5.74, 6) is 0.562. The Morgan fingerprint density at radius 3 is 2.50 bits per heavy atom. The molecule has 2 aromatic carbocycles. The fourth-order valence-corrected chi connectivity index (χ4v) is 2.85. The van der Waals surface area contributed by atoms with Crippen LogP contribution in [0.25, 0.3) is 0 Å². The molecule has 0 radical (unpaired) electrons. The molecule has 0 amide bonds. The molecule has 1 fully saturated rings. The van der Waals surface area contributed by atoms with E-state index < -0.39 is 0 Å². The van der Waals surface area contributed by atoms with E-state index >= 15 is 0 Å². The first-order valence-electron chi connectivity index (χ1n) is 8.24. The molecule has 0 saturated carbocycles. The minimum absolute atomic E-state index is 0.111. The summed E-state index contributed by atoms with van der Waals surface area (Å²) in [6.45, 7) is 4.53. The van der Waals surface area contributed by atoms with Crippen LogP contribution in [0.4, 0.5) is 11.4 Å². The number of ether oxygens (including phenoxy) is 1. The van der Waals surface area contributed by atoms with Gasteiger partial charge in [0.05, 0.1) is 46.0 Å². The first-order valence-corrected chi connectivity index (χ1v) is 8.24. The monoisotopic (exact) mass is 326 g/mol. The SMILES string of the molecule is COc1cccc(C=Nc2ccc(N3CC[NH+](C)CC3)cc2)c1O. The molecule has 24 heavy (non-hydrogen) atoms. The van der Waals surface area contributed by atoms with Gasteiger partial charge in [0.25, 0.3) is 0 Å². The maximum absolute atomic E-state index is 10.1. The number of nitrogens with zero attached hydrogens (tertiary/aromatic N) is 2. The fraction of sp³-hybridized carbons (Fsp3) is 0.316. The lowest BCUT2D eigenvalue weighted by Gasteiger charge is -2.31. The Balaban J connectivity index is 1.70. The van der Waals surface area contributed by atoms with Gasteiger partial charge in [-0.15, -0.1) is 0 Å². The van der Waals surface area contributed by atoms with Crippen molar-refractivity contribution in [1.82, 2.24) is 0 Å². The number of para-hydroxylation sites is 1.